The van der Waals surface area contributed by atoms with E-state index in [-0.39, 0.29) is 35.4 Å². The van der Waals surface area contributed by atoms with Gasteiger partial charge in [0.15, 0.2) is 11.5 Å². The minimum Gasteiger partial charge on any atom is -0.486 e. The summed E-state index contributed by atoms with van der Waals surface area (Å²) in [6.45, 7) is 4.18. The van der Waals surface area contributed by atoms with Crippen LogP contribution >= 0.6 is 0 Å². The second-order valence-corrected chi connectivity index (χ2v) is 11.4. The predicted octanol–water partition coefficient (Wildman–Crippen LogP) is 3.78. The number of rotatable bonds is 12. The molecule has 9 nitrogen and oxygen atoms in total. The molecule has 218 valence electrons. The number of nitrogens with zero attached hydrogens (tertiary/aromatic N) is 2. The van der Waals surface area contributed by atoms with Crippen LogP contribution in [0.3, 0.4) is 0 Å². The summed E-state index contributed by atoms with van der Waals surface area (Å²) in [6, 6.07) is 17.7. The number of carbonyl (C=O) groups is 2. The van der Waals surface area contributed by atoms with Crippen LogP contribution in [0.4, 0.5) is 10.1 Å². The van der Waals surface area contributed by atoms with Gasteiger partial charge in [0.05, 0.1) is 10.6 Å². The van der Waals surface area contributed by atoms with Crippen molar-refractivity contribution in [1.82, 2.24) is 10.2 Å². The number of fused-ring (bicyclic) bond motifs is 1. The molecule has 0 saturated carbocycles. The first-order chi connectivity index (χ1) is 19.7. The Bertz CT molecular complexity index is 1450. The van der Waals surface area contributed by atoms with Crippen LogP contribution < -0.4 is 19.1 Å². The molecule has 2 amide bonds. The molecule has 0 saturated heterocycles. The van der Waals surface area contributed by atoms with Gasteiger partial charge < -0.3 is 19.7 Å². The van der Waals surface area contributed by atoms with E-state index in [0.717, 1.165) is 28.4 Å². The van der Waals surface area contributed by atoms with Gasteiger partial charge >= 0.3 is 0 Å². The fourth-order valence-electron chi connectivity index (χ4n) is 4.41. The number of sulfonamides is 1. The topological polar surface area (TPSA) is 105 Å². The van der Waals surface area contributed by atoms with Crippen molar-refractivity contribution in [1.29, 1.82) is 0 Å². The third-order valence-electron chi connectivity index (χ3n) is 6.70. The summed E-state index contributed by atoms with van der Waals surface area (Å²) in [5.41, 5.74) is 1.06. The molecule has 0 fully saturated rings. The Hall–Kier alpha value is -4.12. The van der Waals surface area contributed by atoms with E-state index in [1.54, 1.807) is 6.92 Å². The second kappa shape index (κ2) is 13.5. The van der Waals surface area contributed by atoms with Gasteiger partial charge in [-0.15, -0.1) is 0 Å². The van der Waals surface area contributed by atoms with Gasteiger partial charge in [-0.3, -0.25) is 13.9 Å². The van der Waals surface area contributed by atoms with Crippen molar-refractivity contribution in [2.24, 2.45) is 0 Å². The van der Waals surface area contributed by atoms with Crippen molar-refractivity contribution in [3.8, 4) is 11.5 Å². The molecular formula is C30H34FN3O6S. The molecule has 41 heavy (non-hydrogen) atoms. The molecule has 1 N–H and O–H groups in total. The molecule has 1 unspecified atom stereocenters. The van der Waals surface area contributed by atoms with Crippen LogP contribution in [0.5, 0.6) is 11.5 Å². The van der Waals surface area contributed by atoms with Gasteiger partial charge in [0.1, 0.15) is 31.6 Å². The maximum Gasteiger partial charge on any atom is 0.264 e. The van der Waals surface area contributed by atoms with Gasteiger partial charge in [0.2, 0.25) is 11.8 Å². The van der Waals surface area contributed by atoms with E-state index in [0.29, 0.717) is 25.3 Å². The molecule has 0 radical (unpaired) electrons. The molecular weight excluding hydrogens is 549 g/mol. The lowest BCUT2D eigenvalue weighted by Gasteiger charge is -2.32. The van der Waals surface area contributed by atoms with Gasteiger partial charge in [-0.1, -0.05) is 37.3 Å². The van der Waals surface area contributed by atoms with E-state index in [9.17, 15) is 22.4 Å². The summed E-state index contributed by atoms with van der Waals surface area (Å²) >= 11 is 0. The molecule has 1 heterocycles. The number of hydrogen-bond acceptors (Lipinski definition) is 6. The number of hydrogen-bond donors (Lipinski definition) is 1. The van der Waals surface area contributed by atoms with Crippen molar-refractivity contribution in [3.05, 3.63) is 84.2 Å². The van der Waals surface area contributed by atoms with Crippen molar-refractivity contribution in [2.75, 3.05) is 37.2 Å². The van der Waals surface area contributed by atoms with Crippen LogP contribution in [-0.2, 0) is 26.0 Å². The molecule has 0 bridgehead atoms. The number of amides is 2. The Labute approximate surface area is 239 Å². The SMILES string of the molecule is CCCNC(=O)C(C)N(CCc1ccccc1)C(=O)CN(c1ccc(F)cc1)S(=O)(=O)c1ccc2c(c1)OCCO2. The Balaban J connectivity index is 1.67. The zero-order valence-electron chi connectivity index (χ0n) is 23.1. The molecule has 4 rings (SSSR count). The van der Waals surface area contributed by atoms with Gasteiger partial charge in [0.25, 0.3) is 10.0 Å². The third kappa shape index (κ3) is 7.35. The summed E-state index contributed by atoms with van der Waals surface area (Å²) in [6.07, 6.45) is 1.19. The van der Waals surface area contributed by atoms with Crippen LogP contribution in [0.25, 0.3) is 0 Å². The lowest BCUT2D eigenvalue weighted by molar-refractivity contribution is -0.138. The summed E-state index contributed by atoms with van der Waals surface area (Å²) in [4.78, 5) is 28.0. The molecule has 1 atom stereocenters. The number of nitrogens with one attached hydrogen (secondary N) is 1. The van der Waals surface area contributed by atoms with E-state index in [1.165, 1.54) is 35.2 Å². The lowest BCUT2D eigenvalue weighted by Crippen LogP contribution is -2.52. The Kier molecular flexibility index (Phi) is 9.82. The summed E-state index contributed by atoms with van der Waals surface area (Å²) < 4.78 is 53.7. The zero-order valence-corrected chi connectivity index (χ0v) is 23.9. The number of carbonyl (C=O) groups excluding carboxylic acids is 2. The molecule has 0 spiro atoms. The van der Waals surface area contributed by atoms with Crippen molar-refractivity contribution in [2.45, 2.75) is 37.6 Å². The monoisotopic (exact) mass is 583 g/mol. The van der Waals surface area contributed by atoms with Crippen LogP contribution in [0.2, 0.25) is 0 Å². The molecule has 0 aromatic heterocycles. The van der Waals surface area contributed by atoms with Crippen LogP contribution in [-0.4, -0.2) is 64.0 Å². The highest BCUT2D eigenvalue weighted by Crippen LogP contribution is 2.34. The number of anilines is 1. The van der Waals surface area contributed by atoms with Gasteiger partial charge in [0, 0.05) is 19.2 Å². The van der Waals surface area contributed by atoms with E-state index in [1.807, 2.05) is 37.3 Å². The standard InChI is InChI=1S/C30H34FN3O6S/c1-3-16-32-30(36)22(2)33(17-15-23-7-5-4-6-8-23)29(35)21-34(25-11-9-24(31)10-12-25)41(37,38)26-13-14-27-28(20-26)40-19-18-39-27/h4-14,20,22H,3,15-19,21H2,1-2H3,(H,32,36). The minimum atomic E-state index is -4.33. The van der Waals surface area contributed by atoms with Crippen LogP contribution in [0.1, 0.15) is 25.8 Å². The van der Waals surface area contributed by atoms with Crippen molar-refractivity contribution >= 4 is 27.5 Å². The van der Waals surface area contributed by atoms with Gasteiger partial charge in [-0.2, -0.15) is 0 Å². The highest BCUT2D eigenvalue weighted by Gasteiger charge is 2.33. The van der Waals surface area contributed by atoms with E-state index in [2.05, 4.69) is 5.32 Å². The van der Waals surface area contributed by atoms with E-state index < -0.39 is 34.3 Å². The highest BCUT2D eigenvalue weighted by molar-refractivity contribution is 7.92. The predicted molar refractivity (Wildman–Crippen MR) is 153 cm³/mol. The van der Waals surface area contributed by atoms with E-state index in [4.69, 9.17) is 9.47 Å². The maximum atomic E-state index is 14.0. The molecule has 1 aliphatic rings. The fraction of sp³-hybridized carbons (Fsp3) is 0.333. The highest BCUT2D eigenvalue weighted by atomic mass is 32.2. The van der Waals surface area contributed by atoms with Gasteiger partial charge in [-0.25, -0.2) is 12.8 Å². The zero-order chi connectivity index (χ0) is 29.4. The number of ether oxygens (including phenoxy) is 2. The minimum absolute atomic E-state index is 0.0979. The number of halogens is 1. The normalized spacial score (nSPS) is 13.2. The quantitative estimate of drug-likeness (QED) is 0.348. The van der Waals surface area contributed by atoms with Crippen LogP contribution in [0.15, 0.2) is 77.7 Å². The smallest absolute Gasteiger partial charge is 0.264 e. The second-order valence-electron chi connectivity index (χ2n) is 9.58. The van der Waals surface area contributed by atoms with Crippen molar-refractivity contribution < 1.29 is 31.9 Å². The summed E-state index contributed by atoms with van der Waals surface area (Å²) in [5, 5.41) is 2.81. The first-order valence-corrected chi connectivity index (χ1v) is 14.9. The largest absolute Gasteiger partial charge is 0.486 e. The van der Waals surface area contributed by atoms with Crippen molar-refractivity contribution in [3.63, 3.8) is 0 Å². The molecule has 1 aliphatic heterocycles. The molecule has 11 heteroatoms. The maximum absolute atomic E-state index is 14.0. The molecule has 3 aromatic carbocycles. The first kappa shape index (κ1) is 29.9. The molecule has 0 aliphatic carbocycles. The molecule has 3 aromatic rings. The van der Waals surface area contributed by atoms with Crippen LogP contribution in [0, 0.1) is 5.82 Å². The summed E-state index contributed by atoms with van der Waals surface area (Å²) in [7, 11) is -4.33. The van der Waals surface area contributed by atoms with E-state index >= 15 is 0 Å². The lowest BCUT2D eigenvalue weighted by atomic mass is 10.1. The Morgan fingerprint density at radius 2 is 1.66 bits per heavy atom. The average Bonchev–Trinajstić information content (AvgIpc) is 2.99. The third-order valence-corrected chi connectivity index (χ3v) is 8.47. The first-order valence-electron chi connectivity index (χ1n) is 13.5. The van der Waals surface area contributed by atoms with Gasteiger partial charge in [-0.05, 0) is 61.7 Å². The fourth-order valence-corrected chi connectivity index (χ4v) is 5.84. The summed E-state index contributed by atoms with van der Waals surface area (Å²) in [5.74, 6) is -0.781. The Morgan fingerprint density at radius 3 is 2.34 bits per heavy atom. The number of benzene rings is 3. The Morgan fingerprint density at radius 1 is 0.976 bits per heavy atom. The average molecular weight is 584 g/mol.